The molecule has 0 aliphatic carbocycles. The Kier molecular flexibility index (Phi) is 62.2. The molecule has 0 unspecified atom stereocenters. The molecule has 0 aliphatic rings. The van der Waals surface area contributed by atoms with Crippen LogP contribution in [0.15, 0.2) is 0 Å². The number of aliphatic hydroxyl groups is 2. The summed E-state index contributed by atoms with van der Waals surface area (Å²) in [5, 5.41) is 29.0. The van der Waals surface area contributed by atoms with Crippen LogP contribution in [0.4, 0.5) is 0 Å². The van der Waals surface area contributed by atoms with Gasteiger partial charge >= 0.3 is 0 Å². The number of nitrogens with zero attached hydrogens (tertiary/aromatic N) is 1. The van der Waals surface area contributed by atoms with Crippen LogP contribution in [0.1, 0.15) is 194 Å². The van der Waals surface area contributed by atoms with E-state index in [0.29, 0.717) is 13.0 Å². The van der Waals surface area contributed by atoms with E-state index in [-0.39, 0.29) is 34.3 Å². The molecule has 0 radical (unpaired) electrons. The van der Waals surface area contributed by atoms with Gasteiger partial charge in [-0.3, -0.25) is 4.90 Å². The molecule has 0 aromatic heterocycles. The third-order valence-corrected chi connectivity index (χ3v) is 9.22. The molecule has 0 aromatic rings. The summed E-state index contributed by atoms with van der Waals surface area (Å²) < 4.78 is 0. The number of nitrogens with one attached hydrogen (secondary N) is 2. The number of nitrogens with two attached hydrogens (primary N) is 1. The van der Waals surface area contributed by atoms with Crippen molar-refractivity contribution in [3.8, 4) is 0 Å². The first kappa shape index (κ1) is 61.0. The van der Waals surface area contributed by atoms with E-state index in [1.54, 1.807) is 0 Å². The van der Waals surface area contributed by atoms with Gasteiger partial charge in [-0.05, 0) is 58.3 Å². The lowest BCUT2D eigenvalue weighted by molar-refractivity contribution is -0.267. The summed E-state index contributed by atoms with van der Waals surface area (Å²) in [5.41, 5.74) is 5.54. The number of halogens is 1. The van der Waals surface area contributed by atoms with Crippen molar-refractivity contribution < 1.29 is 32.1 Å². The standard InChI is InChI=1S/C38H82N4O2.ClH.4H2O/c1-3-5-7-9-11-13-15-17-19-21-23-27-36-42(37-28-24-22-20-18-16-14-12-10-8-6-4-2)38(43,44)30-35-41-33-26-25-32-40-34-29-31-39;;;;;/h40-41,43-44H,3-37,39H2,1-2H3;1H;4*1H2. The van der Waals surface area contributed by atoms with Crippen LogP contribution >= 0.6 is 12.4 Å². The summed E-state index contributed by atoms with van der Waals surface area (Å²) in [4.78, 5) is 1.97. The van der Waals surface area contributed by atoms with Gasteiger partial charge in [0.2, 0.25) is 5.91 Å². The van der Waals surface area contributed by atoms with Gasteiger partial charge in [0.25, 0.3) is 0 Å². The molecule has 0 bridgehead atoms. The van der Waals surface area contributed by atoms with Gasteiger partial charge in [0, 0.05) is 26.1 Å². The van der Waals surface area contributed by atoms with E-state index in [4.69, 9.17) is 5.73 Å². The van der Waals surface area contributed by atoms with E-state index in [9.17, 15) is 10.2 Å². The van der Waals surface area contributed by atoms with Crippen LogP contribution in [0.5, 0.6) is 0 Å². The van der Waals surface area contributed by atoms with Gasteiger partial charge in [0.15, 0.2) is 0 Å². The lowest BCUT2D eigenvalue weighted by atomic mass is 10.0. The van der Waals surface area contributed by atoms with Crippen molar-refractivity contribution in [2.24, 2.45) is 5.73 Å². The average molecular weight is 736 g/mol. The number of hydrogen-bond acceptors (Lipinski definition) is 6. The highest BCUT2D eigenvalue weighted by Crippen LogP contribution is 2.18. The predicted octanol–water partition coefficient (Wildman–Crippen LogP) is 6.15. The third kappa shape index (κ3) is 45.9. The molecular weight excluding hydrogens is 644 g/mol. The first-order valence-electron chi connectivity index (χ1n) is 19.9. The fraction of sp³-hybridized carbons (Fsp3) is 1.00. The van der Waals surface area contributed by atoms with E-state index in [2.05, 4.69) is 24.5 Å². The monoisotopic (exact) mass is 735 g/mol. The van der Waals surface area contributed by atoms with Crippen LogP contribution in [0.2, 0.25) is 0 Å². The number of unbranched alkanes of at least 4 members (excludes halogenated alkanes) is 23. The van der Waals surface area contributed by atoms with Gasteiger partial charge in [-0.2, -0.15) is 0 Å². The van der Waals surface area contributed by atoms with Gasteiger partial charge in [0.1, 0.15) is 0 Å². The van der Waals surface area contributed by atoms with Crippen LogP contribution in [-0.2, 0) is 0 Å². The van der Waals surface area contributed by atoms with Crippen molar-refractivity contribution in [3.63, 3.8) is 0 Å². The fourth-order valence-corrected chi connectivity index (χ4v) is 6.15. The van der Waals surface area contributed by atoms with Crippen molar-refractivity contribution in [1.29, 1.82) is 0 Å². The molecule has 0 heterocycles. The van der Waals surface area contributed by atoms with E-state index in [1.165, 1.54) is 141 Å². The SMILES string of the molecule is CCCCCCCCCCCCCCN(CCCCCCCCCCCCCC)C(O)(O)CCNCCCCNCCCN.Cl.O.O.O.O. The molecule has 14 N–H and O–H groups in total. The van der Waals surface area contributed by atoms with E-state index >= 15 is 0 Å². The van der Waals surface area contributed by atoms with Crippen LogP contribution < -0.4 is 16.4 Å². The summed E-state index contributed by atoms with van der Waals surface area (Å²) >= 11 is 0. The Balaban J connectivity index is -0.000000924. The minimum atomic E-state index is -1.72. The fourth-order valence-electron chi connectivity index (χ4n) is 6.15. The Morgan fingerprint density at radius 1 is 0.429 bits per heavy atom. The quantitative estimate of drug-likeness (QED) is 0.0370. The minimum absolute atomic E-state index is 0. The van der Waals surface area contributed by atoms with Crippen LogP contribution in [0.3, 0.4) is 0 Å². The second-order valence-corrected chi connectivity index (χ2v) is 13.6. The molecule has 49 heavy (non-hydrogen) atoms. The zero-order valence-corrected chi connectivity index (χ0v) is 33.4. The number of hydrogen-bond donors (Lipinski definition) is 5. The lowest BCUT2D eigenvalue weighted by Crippen LogP contribution is -2.51. The molecule has 0 atom stereocenters. The Labute approximate surface area is 310 Å². The molecule has 306 valence electrons. The third-order valence-electron chi connectivity index (χ3n) is 9.22. The highest BCUT2D eigenvalue weighted by molar-refractivity contribution is 5.85. The Hall–Kier alpha value is -0.110. The summed E-state index contributed by atoms with van der Waals surface area (Å²) in [6, 6.07) is 0. The molecule has 11 heteroatoms. The highest BCUT2D eigenvalue weighted by atomic mass is 35.5. The highest BCUT2D eigenvalue weighted by Gasteiger charge is 2.30. The minimum Gasteiger partial charge on any atom is -0.412 e. The smallest absolute Gasteiger partial charge is 0.226 e. The first-order chi connectivity index (χ1) is 21.6. The molecule has 0 rings (SSSR count). The second-order valence-electron chi connectivity index (χ2n) is 13.6. The molecule has 0 saturated heterocycles. The molecule has 0 fully saturated rings. The topological polar surface area (TPSA) is 220 Å². The summed E-state index contributed by atoms with van der Waals surface area (Å²) in [5.74, 6) is -1.72. The second kappa shape index (κ2) is 50.0. The van der Waals surface area contributed by atoms with Gasteiger partial charge in [-0.25, -0.2) is 0 Å². The number of rotatable bonds is 38. The summed E-state index contributed by atoms with van der Waals surface area (Å²) in [6.07, 6.45) is 35.5. The van der Waals surface area contributed by atoms with E-state index < -0.39 is 5.91 Å². The van der Waals surface area contributed by atoms with Crippen molar-refractivity contribution in [3.05, 3.63) is 0 Å². The normalized spacial score (nSPS) is 10.9. The Bertz CT molecular complexity index is 528. The zero-order chi connectivity index (χ0) is 32.2. The Morgan fingerprint density at radius 2 is 0.714 bits per heavy atom. The van der Waals surface area contributed by atoms with Crippen LogP contribution in [0, 0.1) is 0 Å². The van der Waals surface area contributed by atoms with Crippen molar-refractivity contribution in [1.82, 2.24) is 15.5 Å². The van der Waals surface area contributed by atoms with Gasteiger partial charge in [-0.1, -0.05) is 155 Å². The Morgan fingerprint density at radius 3 is 1.04 bits per heavy atom. The van der Waals surface area contributed by atoms with E-state index in [0.717, 1.165) is 71.4 Å². The lowest BCUT2D eigenvalue weighted by Gasteiger charge is -2.35. The van der Waals surface area contributed by atoms with Gasteiger partial charge < -0.3 is 48.5 Å². The molecule has 0 aromatic carbocycles. The predicted molar refractivity (Wildman–Crippen MR) is 216 cm³/mol. The molecular formula is C38H91ClN4O6. The first-order valence-corrected chi connectivity index (χ1v) is 19.9. The molecule has 0 amide bonds. The molecule has 10 nitrogen and oxygen atoms in total. The summed E-state index contributed by atoms with van der Waals surface area (Å²) in [6.45, 7) is 10.5. The zero-order valence-electron chi connectivity index (χ0n) is 32.6. The van der Waals surface area contributed by atoms with Crippen molar-refractivity contribution in [2.45, 2.75) is 200 Å². The average Bonchev–Trinajstić information content (AvgIpc) is 3.01. The van der Waals surface area contributed by atoms with Crippen LogP contribution in [-0.4, -0.2) is 88.7 Å². The molecule has 0 spiro atoms. The van der Waals surface area contributed by atoms with Crippen molar-refractivity contribution in [2.75, 3.05) is 45.8 Å². The summed E-state index contributed by atoms with van der Waals surface area (Å²) in [7, 11) is 0. The van der Waals surface area contributed by atoms with Crippen LogP contribution in [0.25, 0.3) is 0 Å². The van der Waals surface area contributed by atoms with Crippen molar-refractivity contribution >= 4 is 12.4 Å². The largest absolute Gasteiger partial charge is 0.412 e. The molecule has 0 saturated carbocycles. The van der Waals surface area contributed by atoms with Gasteiger partial charge in [-0.15, -0.1) is 12.4 Å². The van der Waals surface area contributed by atoms with Gasteiger partial charge in [0.05, 0.1) is 0 Å². The van der Waals surface area contributed by atoms with E-state index in [1.807, 2.05) is 4.90 Å². The maximum absolute atomic E-state index is 11.1. The maximum atomic E-state index is 11.1. The maximum Gasteiger partial charge on any atom is 0.226 e. The molecule has 0 aliphatic heterocycles.